The summed E-state index contributed by atoms with van der Waals surface area (Å²) in [4.78, 5) is 0. The van der Waals surface area contributed by atoms with Gasteiger partial charge in [0.25, 0.3) is 0 Å². The smallest absolute Gasteiger partial charge is 0.406 e. The first-order valence-electron chi connectivity index (χ1n) is 6.10. The molecule has 18 heavy (non-hydrogen) atoms. The predicted octanol–water partition coefficient (Wildman–Crippen LogP) is 4.19. The largest absolute Gasteiger partial charge is 0.573 e. The Bertz CT molecular complexity index is 384. The van der Waals surface area contributed by atoms with Crippen molar-refractivity contribution < 1.29 is 17.9 Å². The SMILES string of the molecule is CCC(Nc1ccc(OC(F)(F)F)cc1)C1CC1. The van der Waals surface area contributed by atoms with Gasteiger partial charge in [-0.3, -0.25) is 0 Å². The Morgan fingerprint density at radius 3 is 2.33 bits per heavy atom. The molecular weight excluding hydrogens is 243 g/mol. The minimum atomic E-state index is -4.63. The van der Waals surface area contributed by atoms with Gasteiger partial charge < -0.3 is 10.1 Å². The van der Waals surface area contributed by atoms with Crippen LogP contribution >= 0.6 is 0 Å². The maximum absolute atomic E-state index is 12.0. The lowest BCUT2D eigenvalue weighted by atomic mass is 10.1. The Labute approximate surface area is 104 Å². The first kappa shape index (κ1) is 13.1. The monoisotopic (exact) mass is 259 g/mol. The molecule has 5 heteroatoms. The van der Waals surface area contributed by atoms with E-state index in [1.807, 2.05) is 0 Å². The number of anilines is 1. The van der Waals surface area contributed by atoms with Gasteiger partial charge in [0.15, 0.2) is 0 Å². The molecule has 1 aromatic carbocycles. The van der Waals surface area contributed by atoms with Gasteiger partial charge in [-0.1, -0.05) is 6.92 Å². The van der Waals surface area contributed by atoms with Crippen molar-refractivity contribution in [1.29, 1.82) is 0 Å². The van der Waals surface area contributed by atoms with E-state index in [1.165, 1.54) is 25.0 Å². The summed E-state index contributed by atoms with van der Waals surface area (Å²) in [6.07, 6.45) is -1.14. The van der Waals surface area contributed by atoms with E-state index in [4.69, 9.17) is 0 Å². The Morgan fingerprint density at radius 1 is 1.28 bits per heavy atom. The Kier molecular flexibility index (Phi) is 3.68. The third-order valence-electron chi connectivity index (χ3n) is 3.07. The van der Waals surface area contributed by atoms with E-state index in [0.29, 0.717) is 12.0 Å². The Balaban J connectivity index is 1.94. The number of alkyl halides is 3. The van der Waals surface area contributed by atoms with Crippen LogP contribution in [-0.2, 0) is 0 Å². The second-order valence-corrected chi connectivity index (χ2v) is 4.57. The lowest BCUT2D eigenvalue weighted by molar-refractivity contribution is -0.274. The van der Waals surface area contributed by atoms with E-state index in [0.717, 1.165) is 12.1 Å². The van der Waals surface area contributed by atoms with E-state index >= 15 is 0 Å². The fraction of sp³-hybridized carbons (Fsp3) is 0.538. The summed E-state index contributed by atoms with van der Waals surface area (Å²) < 4.78 is 39.8. The van der Waals surface area contributed by atoms with E-state index in [-0.39, 0.29) is 5.75 Å². The Morgan fingerprint density at radius 2 is 1.89 bits per heavy atom. The molecule has 2 nitrogen and oxygen atoms in total. The maximum Gasteiger partial charge on any atom is 0.573 e. The molecule has 0 heterocycles. The van der Waals surface area contributed by atoms with Gasteiger partial charge in [-0.15, -0.1) is 13.2 Å². The van der Waals surface area contributed by atoms with E-state index in [2.05, 4.69) is 17.0 Å². The van der Waals surface area contributed by atoms with Gasteiger partial charge in [0.2, 0.25) is 0 Å². The van der Waals surface area contributed by atoms with E-state index in [1.54, 1.807) is 12.1 Å². The van der Waals surface area contributed by atoms with Gasteiger partial charge in [-0.05, 0) is 49.4 Å². The van der Waals surface area contributed by atoms with Crippen LogP contribution in [0.25, 0.3) is 0 Å². The maximum atomic E-state index is 12.0. The second-order valence-electron chi connectivity index (χ2n) is 4.57. The van der Waals surface area contributed by atoms with Gasteiger partial charge in [0.05, 0.1) is 0 Å². The van der Waals surface area contributed by atoms with Gasteiger partial charge in [0, 0.05) is 11.7 Å². The van der Waals surface area contributed by atoms with E-state index in [9.17, 15) is 13.2 Å². The standard InChI is InChI=1S/C13H16F3NO/c1-2-12(9-3-4-9)17-10-5-7-11(8-6-10)18-13(14,15)16/h5-9,12,17H,2-4H2,1H3. The molecule has 1 atom stereocenters. The molecule has 0 radical (unpaired) electrons. The molecule has 1 aliphatic rings. The van der Waals surface area contributed by atoms with Gasteiger partial charge in [-0.2, -0.15) is 0 Å². The molecule has 1 N–H and O–H groups in total. The molecule has 0 amide bonds. The average molecular weight is 259 g/mol. The number of rotatable bonds is 5. The summed E-state index contributed by atoms with van der Waals surface area (Å²) in [5.74, 6) is 0.522. The number of ether oxygens (including phenoxy) is 1. The molecular formula is C13H16F3NO. The quantitative estimate of drug-likeness (QED) is 0.856. The number of nitrogens with one attached hydrogen (secondary N) is 1. The van der Waals surface area contributed by atoms with Crippen molar-refractivity contribution in [2.24, 2.45) is 5.92 Å². The summed E-state index contributed by atoms with van der Waals surface area (Å²) in [5, 5.41) is 3.34. The normalized spacial score (nSPS) is 17.3. The van der Waals surface area contributed by atoms with Crippen LogP contribution in [0.5, 0.6) is 5.75 Å². The van der Waals surface area contributed by atoms with Crippen LogP contribution in [0.4, 0.5) is 18.9 Å². The van der Waals surface area contributed by atoms with Crippen molar-refractivity contribution >= 4 is 5.69 Å². The highest BCUT2D eigenvalue weighted by Crippen LogP contribution is 2.35. The van der Waals surface area contributed by atoms with Gasteiger partial charge in [-0.25, -0.2) is 0 Å². The number of hydrogen-bond donors (Lipinski definition) is 1. The topological polar surface area (TPSA) is 21.3 Å². The van der Waals surface area contributed by atoms with Crippen LogP contribution in [0, 0.1) is 5.92 Å². The summed E-state index contributed by atoms with van der Waals surface area (Å²) >= 11 is 0. The zero-order chi connectivity index (χ0) is 13.2. The number of hydrogen-bond acceptors (Lipinski definition) is 2. The van der Waals surface area contributed by atoms with Crippen molar-refractivity contribution in [3.8, 4) is 5.75 Å². The number of benzene rings is 1. The van der Waals surface area contributed by atoms with Crippen LogP contribution in [0.1, 0.15) is 26.2 Å². The van der Waals surface area contributed by atoms with Crippen LogP contribution < -0.4 is 10.1 Å². The van der Waals surface area contributed by atoms with Crippen LogP contribution in [-0.4, -0.2) is 12.4 Å². The molecule has 2 rings (SSSR count). The third kappa shape index (κ3) is 3.82. The van der Waals surface area contributed by atoms with Gasteiger partial charge >= 0.3 is 6.36 Å². The average Bonchev–Trinajstić information content (AvgIpc) is 3.10. The summed E-state index contributed by atoms with van der Waals surface area (Å²) in [6.45, 7) is 2.11. The highest BCUT2D eigenvalue weighted by molar-refractivity contribution is 5.47. The lowest BCUT2D eigenvalue weighted by Gasteiger charge is -2.18. The Hall–Kier alpha value is -1.39. The molecule has 1 saturated carbocycles. The highest BCUT2D eigenvalue weighted by atomic mass is 19.4. The third-order valence-corrected chi connectivity index (χ3v) is 3.07. The van der Waals surface area contributed by atoms with Crippen molar-refractivity contribution in [1.82, 2.24) is 0 Å². The van der Waals surface area contributed by atoms with Crippen LogP contribution in [0.2, 0.25) is 0 Å². The molecule has 1 aromatic rings. The second kappa shape index (κ2) is 5.08. The summed E-state index contributed by atoms with van der Waals surface area (Å²) in [5.41, 5.74) is 0.836. The zero-order valence-corrected chi connectivity index (χ0v) is 10.1. The van der Waals surface area contributed by atoms with Crippen LogP contribution in [0.3, 0.4) is 0 Å². The first-order chi connectivity index (χ1) is 8.48. The molecule has 1 aliphatic carbocycles. The van der Waals surface area contributed by atoms with Crippen LogP contribution in [0.15, 0.2) is 24.3 Å². The fourth-order valence-electron chi connectivity index (χ4n) is 2.02. The molecule has 0 spiro atoms. The molecule has 0 saturated heterocycles. The fourth-order valence-corrected chi connectivity index (χ4v) is 2.02. The predicted molar refractivity (Wildman–Crippen MR) is 63.6 cm³/mol. The minimum absolute atomic E-state index is 0.187. The zero-order valence-electron chi connectivity index (χ0n) is 10.1. The summed E-state index contributed by atoms with van der Waals surface area (Å²) in [7, 11) is 0. The molecule has 0 aliphatic heterocycles. The summed E-state index contributed by atoms with van der Waals surface area (Å²) in [6, 6.07) is 6.31. The lowest BCUT2D eigenvalue weighted by Crippen LogP contribution is -2.20. The van der Waals surface area contributed by atoms with Crippen molar-refractivity contribution in [3.63, 3.8) is 0 Å². The van der Waals surface area contributed by atoms with Crippen molar-refractivity contribution in [3.05, 3.63) is 24.3 Å². The molecule has 0 aromatic heterocycles. The molecule has 0 bridgehead atoms. The van der Waals surface area contributed by atoms with E-state index < -0.39 is 6.36 Å². The molecule has 1 fully saturated rings. The molecule has 1 unspecified atom stereocenters. The highest BCUT2D eigenvalue weighted by Gasteiger charge is 2.31. The van der Waals surface area contributed by atoms with Gasteiger partial charge in [0.1, 0.15) is 5.75 Å². The molecule has 100 valence electrons. The van der Waals surface area contributed by atoms with Crippen molar-refractivity contribution in [2.45, 2.75) is 38.6 Å². The van der Waals surface area contributed by atoms with Crippen molar-refractivity contribution in [2.75, 3.05) is 5.32 Å². The first-order valence-corrected chi connectivity index (χ1v) is 6.10. The number of halogens is 3. The minimum Gasteiger partial charge on any atom is -0.406 e.